The number of nitrogens with zero attached hydrogens (tertiary/aromatic N) is 1. The van der Waals surface area contributed by atoms with Crippen LogP contribution in [0.1, 0.15) is 31.9 Å². The Morgan fingerprint density at radius 3 is 2.93 bits per heavy atom. The lowest BCUT2D eigenvalue weighted by Gasteiger charge is -1.98. The maximum atomic E-state index is 11.8. The largest absolute Gasteiger partial charge is 0.402 e. The van der Waals surface area contributed by atoms with Crippen molar-refractivity contribution in [3.63, 3.8) is 0 Å². The van der Waals surface area contributed by atoms with Crippen LogP contribution in [0.5, 0.6) is 6.01 Å². The van der Waals surface area contributed by atoms with Gasteiger partial charge in [-0.3, -0.25) is 0 Å². The highest BCUT2D eigenvalue weighted by Gasteiger charge is 2.07. The van der Waals surface area contributed by atoms with Gasteiger partial charge in [0.1, 0.15) is 0 Å². The van der Waals surface area contributed by atoms with Crippen molar-refractivity contribution in [3.8, 4) is 6.01 Å². The van der Waals surface area contributed by atoms with E-state index in [1.54, 1.807) is 0 Å². The normalized spacial score (nSPS) is 10.9. The molecule has 3 nitrogen and oxygen atoms in total. The quantitative estimate of drug-likeness (QED) is 0.723. The molecule has 1 N–H and O–H groups in total. The molecule has 1 aromatic rings. The van der Waals surface area contributed by atoms with Gasteiger partial charge in [0.05, 0.1) is 6.20 Å². The van der Waals surface area contributed by atoms with E-state index in [4.69, 9.17) is 0 Å². The number of halogens is 2. The first-order valence-corrected chi connectivity index (χ1v) is 4.71. The van der Waals surface area contributed by atoms with Crippen LogP contribution in [0.25, 0.3) is 0 Å². The molecule has 0 spiro atoms. The van der Waals surface area contributed by atoms with Gasteiger partial charge in [0.2, 0.25) is 0 Å². The van der Waals surface area contributed by atoms with Gasteiger partial charge in [-0.1, -0.05) is 19.8 Å². The van der Waals surface area contributed by atoms with Gasteiger partial charge in [-0.2, -0.15) is 8.78 Å². The molecule has 14 heavy (non-hydrogen) atoms. The number of ether oxygens (including phenoxy) is 1. The average Bonchev–Trinajstić information content (AvgIpc) is 2.52. The van der Waals surface area contributed by atoms with E-state index in [2.05, 4.69) is 21.6 Å². The standard InChI is InChI=1S/C9H14F2N2O/c1-2-3-4-5-7-6-12-9(13-7)14-8(10)11/h6,8H,2-5H2,1H3,(H,12,13). The molecule has 0 aliphatic carbocycles. The Balaban J connectivity index is 2.35. The molecule has 0 aliphatic rings. The second-order valence-electron chi connectivity index (χ2n) is 3.05. The van der Waals surface area contributed by atoms with Gasteiger partial charge in [0.25, 0.3) is 6.01 Å². The summed E-state index contributed by atoms with van der Waals surface area (Å²) in [5, 5.41) is 0. The summed E-state index contributed by atoms with van der Waals surface area (Å²) in [6.45, 7) is -0.706. The van der Waals surface area contributed by atoms with Crippen LogP contribution in [0.3, 0.4) is 0 Å². The number of H-pyrrole nitrogens is 1. The van der Waals surface area contributed by atoms with Gasteiger partial charge in [-0.05, 0) is 12.8 Å². The summed E-state index contributed by atoms with van der Waals surface area (Å²) in [7, 11) is 0. The van der Waals surface area contributed by atoms with Crippen molar-refractivity contribution in [2.24, 2.45) is 0 Å². The number of aromatic nitrogens is 2. The van der Waals surface area contributed by atoms with E-state index in [0.29, 0.717) is 0 Å². The molecule has 1 rings (SSSR count). The summed E-state index contributed by atoms with van der Waals surface area (Å²) in [5.41, 5.74) is 0.842. The first kappa shape index (κ1) is 10.9. The lowest BCUT2D eigenvalue weighted by molar-refractivity contribution is -0.0555. The van der Waals surface area contributed by atoms with Crippen LogP contribution in [0.15, 0.2) is 6.20 Å². The van der Waals surface area contributed by atoms with Crippen molar-refractivity contribution in [3.05, 3.63) is 11.9 Å². The van der Waals surface area contributed by atoms with Crippen molar-refractivity contribution in [2.75, 3.05) is 0 Å². The van der Waals surface area contributed by atoms with E-state index in [1.807, 2.05) is 0 Å². The predicted molar refractivity (Wildman–Crippen MR) is 48.4 cm³/mol. The zero-order valence-corrected chi connectivity index (χ0v) is 8.09. The van der Waals surface area contributed by atoms with Crippen LogP contribution in [0, 0.1) is 0 Å². The molecule has 1 heterocycles. The van der Waals surface area contributed by atoms with E-state index < -0.39 is 6.61 Å². The van der Waals surface area contributed by atoms with Crippen LogP contribution in [-0.4, -0.2) is 16.6 Å². The molecule has 80 valence electrons. The SMILES string of the molecule is CCCCCc1cnc(OC(F)F)[nH]1. The van der Waals surface area contributed by atoms with Crippen molar-refractivity contribution < 1.29 is 13.5 Å². The van der Waals surface area contributed by atoms with Gasteiger partial charge in [-0.25, -0.2) is 4.98 Å². The summed E-state index contributed by atoms with van der Waals surface area (Å²) in [6.07, 6.45) is 5.66. The Morgan fingerprint density at radius 2 is 2.29 bits per heavy atom. The third-order valence-electron chi connectivity index (χ3n) is 1.86. The molecule has 0 saturated carbocycles. The van der Waals surface area contributed by atoms with E-state index in [9.17, 15) is 8.78 Å². The lowest BCUT2D eigenvalue weighted by atomic mass is 10.2. The van der Waals surface area contributed by atoms with Crippen LogP contribution in [0.2, 0.25) is 0 Å². The fourth-order valence-electron chi connectivity index (χ4n) is 1.18. The minimum atomic E-state index is -2.82. The summed E-state index contributed by atoms with van der Waals surface area (Å²) in [4.78, 5) is 6.37. The lowest BCUT2D eigenvalue weighted by Crippen LogP contribution is -2.03. The summed E-state index contributed by atoms with van der Waals surface area (Å²) < 4.78 is 27.6. The van der Waals surface area contributed by atoms with Gasteiger partial charge in [-0.15, -0.1) is 0 Å². The average molecular weight is 204 g/mol. The van der Waals surface area contributed by atoms with Gasteiger partial charge in [0.15, 0.2) is 0 Å². The van der Waals surface area contributed by atoms with Gasteiger partial charge in [0, 0.05) is 5.69 Å². The Morgan fingerprint density at radius 1 is 1.50 bits per heavy atom. The number of hydrogen-bond donors (Lipinski definition) is 1. The molecule has 0 fully saturated rings. The molecule has 0 bridgehead atoms. The van der Waals surface area contributed by atoms with Crippen molar-refractivity contribution in [1.82, 2.24) is 9.97 Å². The van der Waals surface area contributed by atoms with Gasteiger partial charge < -0.3 is 9.72 Å². The molecular formula is C9H14F2N2O. The third kappa shape index (κ3) is 3.72. The zero-order chi connectivity index (χ0) is 10.4. The van der Waals surface area contributed by atoms with E-state index in [1.165, 1.54) is 6.20 Å². The van der Waals surface area contributed by atoms with Crippen molar-refractivity contribution in [2.45, 2.75) is 39.2 Å². The predicted octanol–water partition coefficient (Wildman–Crippen LogP) is 2.74. The maximum Gasteiger partial charge on any atom is 0.389 e. The smallest absolute Gasteiger partial charge is 0.389 e. The topological polar surface area (TPSA) is 37.9 Å². The minimum absolute atomic E-state index is 0.105. The second-order valence-corrected chi connectivity index (χ2v) is 3.05. The number of rotatable bonds is 6. The van der Waals surface area contributed by atoms with Crippen LogP contribution in [0.4, 0.5) is 8.78 Å². The van der Waals surface area contributed by atoms with E-state index in [-0.39, 0.29) is 6.01 Å². The molecule has 0 saturated heterocycles. The molecule has 0 radical (unpaired) electrons. The molecule has 0 unspecified atom stereocenters. The van der Waals surface area contributed by atoms with Crippen LogP contribution < -0.4 is 4.74 Å². The van der Waals surface area contributed by atoms with Crippen molar-refractivity contribution in [1.29, 1.82) is 0 Å². The minimum Gasteiger partial charge on any atom is -0.402 e. The zero-order valence-electron chi connectivity index (χ0n) is 8.09. The van der Waals surface area contributed by atoms with Crippen molar-refractivity contribution >= 4 is 0 Å². The summed E-state index contributed by atoms with van der Waals surface area (Å²) in [6, 6.07) is -0.105. The summed E-state index contributed by atoms with van der Waals surface area (Å²) in [5.74, 6) is 0. The highest BCUT2D eigenvalue weighted by atomic mass is 19.3. The number of alkyl halides is 2. The number of unbranched alkanes of at least 4 members (excludes halogenated alkanes) is 2. The van der Waals surface area contributed by atoms with Gasteiger partial charge >= 0.3 is 6.61 Å². The maximum absolute atomic E-state index is 11.8. The Bertz CT molecular complexity index is 263. The molecule has 5 heteroatoms. The fourth-order valence-corrected chi connectivity index (χ4v) is 1.18. The van der Waals surface area contributed by atoms with Crippen LogP contribution >= 0.6 is 0 Å². The fraction of sp³-hybridized carbons (Fsp3) is 0.667. The number of hydrogen-bond acceptors (Lipinski definition) is 2. The third-order valence-corrected chi connectivity index (χ3v) is 1.86. The Labute approximate surface area is 81.5 Å². The number of aryl methyl sites for hydroxylation is 1. The first-order chi connectivity index (χ1) is 6.72. The Hall–Kier alpha value is -1.13. The Kier molecular flexibility index (Phi) is 4.35. The summed E-state index contributed by atoms with van der Waals surface area (Å²) >= 11 is 0. The highest BCUT2D eigenvalue weighted by molar-refractivity contribution is 5.05. The molecule has 0 aromatic carbocycles. The van der Waals surface area contributed by atoms with E-state index in [0.717, 1.165) is 31.4 Å². The number of imidazole rings is 1. The number of aromatic amines is 1. The monoisotopic (exact) mass is 204 g/mol. The number of nitrogens with one attached hydrogen (secondary N) is 1. The second kappa shape index (κ2) is 5.57. The first-order valence-electron chi connectivity index (χ1n) is 4.71. The molecule has 0 amide bonds. The molecular weight excluding hydrogens is 190 g/mol. The molecule has 0 atom stereocenters. The van der Waals surface area contributed by atoms with E-state index >= 15 is 0 Å². The molecule has 1 aromatic heterocycles. The highest BCUT2D eigenvalue weighted by Crippen LogP contribution is 2.10. The van der Waals surface area contributed by atoms with Crippen LogP contribution in [-0.2, 0) is 6.42 Å². The molecule has 0 aliphatic heterocycles.